The first-order chi connectivity index (χ1) is 8.61. The van der Waals surface area contributed by atoms with Crippen LogP contribution >= 0.6 is 0 Å². The smallest absolute Gasteiger partial charge is 0.258 e. The van der Waals surface area contributed by atoms with Crippen LogP contribution in [-0.4, -0.2) is 29.8 Å². The standard InChI is InChI=1S/C12H15N3O3/c1-7(5-17-2)18-11-4-10-8(3-9(11)13)12(16)15-6-14-10/h3-4,6-7H,5,13H2,1-2H3,(H,14,15,16). The van der Waals surface area contributed by atoms with E-state index in [-0.39, 0.29) is 11.7 Å². The molecule has 0 aliphatic rings. The lowest BCUT2D eigenvalue weighted by atomic mass is 10.2. The summed E-state index contributed by atoms with van der Waals surface area (Å²) in [7, 11) is 1.60. The topological polar surface area (TPSA) is 90.2 Å². The van der Waals surface area contributed by atoms with Crippen LogP contribution in [0.1, 0.15) is 6.92 Å². The van der Waals surface area contributed by atoms with Crippen LogP contribution in [0.15, 0.2) is 23.3 Å². The van der Waals surface area contributed by atoms with Crippen LogP contribution < -0.4 is 16.0 Å². The number of nitrogens with two attached hydrogens (primary N) is 1. The Bertz CT molecular complexity index is 609. The average molecular weight is 249 g/mol. The van der Waals surface area contributed by atoms with Crippen LogP contribution in [0.25, 0.3) is 10.9 Å². The Morgan fingerprint density at radius 3 is 3.00 bits per heavy atom. The monoisotopic (exact) mass is 249 g/mol. The van der Waals surface area contributed by atoms with Crippen LogP contribution in [-0.2, 0) is 4.74 Å². The predicted molar refractivity (Wildman–Crippen MR) is 68.7 cm³/mol. The summed E-state index contributed by atoms with van der Waals surface area (Å²) in [5, 5.41) is 0.446. The molecule has 0 saturated carbocycles. The zero-order valence-corrected chi connectivity index (χ0v) is 10.3. The van der Waals surface area contributed by atoms with Gasteiger partial charge in [0.25, 0.3) is 5.56 Å². The van der Waals surface area contributed by atoms with Crippen molar-refractivity contribution in [2.45, 2.75) is 13.0 Å². The second-order valence-electron chi connectivity index (χ2n) is 4.02. The van der Waals surface area contributed by atoms with E-state index in [2.05, 4.69) is 9.97 Å². The number of hydrogen-bond acceptors (Lipinski definition) is 5. The summed E-state index contributed by atoms with van der Waals surface area (Å²) in [6, 6.07) is 3.22. The summed E-state index contributed by atoms with van der Waals surface area (Å²) in [5.74, 6) is 0.505. The Kier molecular flexibility index (Phi) is 3.47. The zero-order chi connectivity index (χ0) is 13.1. The molecular formula is C12H15N3O3. The van der Waals surface area contributed by atoms with Gasteiger partial charge in [0.05, 0.1) is 29.5 Å². The highest BCUT2D eigenvalue weighted by Crippen LogP contribution is 2.26. The predicted octanol–water partition coefficient (Wildman–Crippen LogP) is 0.919. The maximum absolute atomic E-state index is 11.6. The van der Waals surface area contributed by atoms with Crippen molar-refractivity contribution in [1.82, 2.24) is 9.97 Å². The molecule has 6 nitrogen and oxygen atoms in total. The molecule has 2 aromatic rings. The van der Waals surface area contributed by atoms with Gasteiger partial charge in [-0.25, -0.2) is 4.98 Å². The number of aromatic amines is 1. The summed E-state index contributed by atoms with van der Waals surface area (Å²) in [6.07, 6.45) is 1.22. The Morgan fingerprint density at radius 2 is 2.28 bits per heavy atom. The van der Waals surface area contributed by atoms with Crippen molar-refractivity contribution in [3.05, 3.63) is 28.8 Å². The second kappa shape index (κ2) is 5.05. The molecule has 0 spiro atoms. The van der Waals surface area contributed by atoms with Crippen molar-refractivity contribution >= 4 is 16.6 Å². The molecule has 0 amide bonds. The molecular weight excluding hydrogens is 234 g/mol. The van der Waals surface area contributed by atoms with Gasteiger partial charge in [-0.15, -0.1) is 0 Å². The van der Waals surface area contributed by atoms with Crippen LogP contribution in [0.2, 0.25) is 0 Å². The molecule has 0 aliphatic carbocycles. The molecule has 0 saturated heterocycles. The minimum atomic E-state index is -0.219. The minimum Gasteiger partial charge on any atom is -0.486 e. The Morgan fingerprint density at radius 1 is 1.50 bits per heavy atom. The van der Waals surface area contributed by atoms with Crippen LogP contribution in [0.5, 0.6) is 5.75 Å². The van der Waals surface area contributed by atoms with E-state index in [1.165, 1.54) is 6.33 Å². The van der Waals surface area contributed by atoms with Gasteiger partial charge in [0, 0.05) is 13.2 Å². The number of benzene rings is 1. The third-order valence-corrected chi connectivity index (χ3v) is 2.50. The number of nitrogens with zero attached hydrogens (tertiary/aromatic N) is 1. The van der Waals surface area contributed by atoms with Crippen molar-refractivity contribution in [3.63, 3.8) is 0 Å². The van der Waals surface area contributed by atoms with Gasteiger partial charge in [0.15, 0.2) is 0 Å². The van der Waals surface area contributed by atoms with Crippen molar-refractivity contribution in [3.8, 4) is 5.75 Å². The summed E-state index contributed by atoms with van der Waals surface area (Å²) >= 11 is 0. The molecule has 96 valence electrons. The number of nitrogen functional groups attached to an aromatic ring is 1. The second-order valence-corrected chi connectivity index (χ2v) is 4.02. The number of aromatic nitrogens is 2. The quantitative estimate of drug-likeness (QED) is 0.786. The SMILES string of the molecule is COCC(C)Oc1cc2nc[nH]c(=O)c2cc1N. The first kappa shape index (κ1) is 12.4. The molecule has 1 aromatic heterocycles. The van der Waals surface area contributed by atoms with Crippen LogP contribution in [0.3, 0.4) is 0 Å². The normalized spacial score (nSPS) is 12.6. The van der Waals surface area contributed by atoms with E-state index < -0.39 is 0 Å². The van der Waals surface area contributed by atoms with Gasteiger partial charge >= 0.3 is 0 Å². The Balaban J connectivity index is 2.41. The highest BCUT2D eigenvalue weighted by atomic mass is 16.5. The highest BCUT2D eigenvalue weighted by molar-refractivity contribution is 5.84. The molecule has 1 heterocycles. The fraction of sp³-hybridized carbons (Fsp3) is 0.333. The third kappa shape index (κ3) is 2.43. The lowest BCUT2D eigenvalue weighted by molar-refractivity contribution is 0.0926. The van der Waals surface area contributed by atoms with E-state index in [1.54, 1.807) is 19.2 Å². The molecule has 2 rings (SSSR count). The number of hydrogen-bond donors (Lipinski definition) is 2. The van der Waals surface area contributed by atoms with Gasteiger partial charge in [0.2, 0.25) is 0 Å². The lowest BCUT2D eigenvalue weighted by Crippen LogP contribution is -2.19. The van der Waals surface area contributed by atoms with E-state index in [0.29, 0.717) is 28.9 Å². The molecule has 6 heteroatoms. The van der Waals surface area contributed by atoms with Gasteiger partial charge in [-0.3, -0.25) is 4.79 Å². The average Bonchev–Trinajstić information content (AvgIpc) is 2.32. The van der Waals surface area contributed by atoms with E-state index in [1.807, 2.05) is 6.92 Å². The third-order valence-electron chi connectivity index (χ3n) is 2.50. The van der Waals surface area contributed by atoms with E-state index >= 15 is 0 Å². The molecule has 0 fully saturated rings. The molecule has 0 radical (unpaired) electrons. The number of ether oxygens (including phenoxy) is 2. The fourth-order valence-corrected chi connectivity index (χ4v) is 1.70. The molecule has 0 bridgehead atoms. The summed E-state index contributed by atoms with van der Waals surface area (Å²) < 4.78 is 10.6. The number of fused-ring (bicyclic) bond motifs is 1. The van der Waals surface area contributed by atoms with Crippen LogP contribution in [0, 0.1) is 0 Å². The van der Waals surface area contributed by atoms with Crippen molar-refractivity contribution in [2.24, 2.45) is 0 Å². The number of methoxy groups -OCH3 is 1. The number of rotatable bonds is 4. The van der Waals surface area contributed by atoms with Crippen molar-refractivity contribution in [2.75, 3.05) is 19.5 Å². The van der Waals surface area contributed by atoms with Gasteiger partial charge < -0.3 is 20.2 Å². The Hall–Kier alpha value is -2.08. The van der Waals surface area contributed by atoms with Crippen LogP contribution in [0.4, 0.5) is 5.69 Å². The fourth-order valence-electron chi connectivity index (χ4n) is 1.70. The number of nitrogens with one attached hydrogen (secondary N) is 1. The molecule has 18 heavy (non-hydrogen) atoms. The van der Waals surface area contributed by atoms with Gasteiger partial charge in [-0.05, 0) is 13.0 Å². The van der Waals surface area contributed by atoms with Crippen molar-refractivity contribution in [1.29, 1.82) is 0 Å². The number of H-pyrrole nitrogens is 1. The van der Waals surface area contributed by atoms with E-state index in [0.717, 1.165) is 0 Å². The summed E-state index contributed by atoms with van der Waals surface area (Å²) in [4.78, 5) is 18.1. The first-order valence-corrected chi connectivity index (χ1v) is 5.54. The van der Waals surface area contributed by atoms with Crippen molar-refractivity contribution < 1.29 is 9.47 Å². The maximum Gasteiger partial charge on any atom is 0.258 e. The lowest BCUT2D eigenvalue weighted by Gasteiger charge is -2.15. The molecule has 3 N–H and O–H groups in total. The zero-order valence-electron chi connectivity index (χ0n) is 10.3. The van der Waals surface area contributed by atoms with Gasteiger partial charge in [0.1, 0.15) is 11.9 Å². The molecule has 1 aromatic carbocycles. The maximum atomic E-state index is 11.6. The van der Waals surface area contributed by atoms with E-state index in [9.17, 15) is 4.79 Å². The van der Waals surface area contributed by atoms with Gasteiger partial charge in [-0.1, -0.05) is 0 Å². The first-order valence-electron chi connectivity index (χ1n) is 5.54. The largest absolute Gasteiger partial charge is 0.486 e. The molecule has 1 atom stereocenters. The summed E-state index contributed by atoms with van der Waals surface area (Å²) in [6.45, 7) is 2.33. The Labute approximate surface area is 104 Å². The number of anilines is 1. The van der Waals surface area contributed by atoms with Gasteiger partial charge in [-0.2, -0.15) is 0 Å². The highest BCUT2D eigenvalue weighted by Gasteiger charge is 2.10. The minimum absolute atomic E-state index is 0.128. The molecule has 0 aliphatic heterocycles. The molecule has 1 unspecified atom stereocenters. The van der Waals surface area contributed by atoms with E-state index in [4.69, 9.17) is 15.2 Å². The summed E-state index contributed by atoms with van der Waals surface area (Å²) in [5.41, 5.74) is 6.59.